The second-order valence-electron chi connectivity index (χ2n) is 9.13. The zero-order chi connectivity index (χ0) is 26.8. The zero-order valence-electron chi connectivity index (χ0n) is 20.8. The fraction of sp³-hybridized carbons (Fsp3) is 0.129. The Morgan fingerprint density at radius 2 is 1.69 bits per heavy atom. The van der Waals surface area contributed by atoms with E-state index in [1.807, 2.05) is 42.5 Å². The van der Waals surface area contributed by atoms with Gasteiger partial charge >= 0.3 is 0 Å². The first-order valence-corrected chi connectivity index (χ1v) is 12.5. The van der Waals surface area contributed by atoms with Crippen LogP contribution in [0.1, 0.15) is 22.7 Å². The van der Waals surface area contributed by atoms with Crippen LogP contribution >= 0.6 is 0 Å². The molecule has 0 spiro atoms. The summed E-state index contributed by atoms with van der Waals surface area (Å²) in [6.07, 6.45) is 3.29. The average Bonchev–Trinajstić information content (AvgIpc) is 3.22. The number of rotatable bonds is 6. The molecule has 8 nitrogen and oxygen atoms in total. The van der Waals surface area contributed by atoms with Gasteiger partial charge in [0.05, 0.1) is 11.6 Å². The molecule has 4 aromatic rings. The molecule has 1 fully saturated rings. The molecule has 1 aromatic heterocycles. The first-order valence-electron chi connectivity index (χ1n) is 12.5. The van der Waals surface area contributed by atoms with Crippen LogP contribution in [0.2, 0.25) is 0 Å². The second-order valence-corrected chi connectivity index (χ2v) is 9.13. The molecular weight excluding hydrogens is 496 g/mol. The van der Waals surface area contributed by atoms with E-state index in [0.717, 1.165) is 5.56 Å². The third-order valence-corrected chi connectivity index (χ3v) is 6.58. The third-order valence-electron chi connectivity index (χ3n) is 6.58. The van der Waals surface area contributed by atoms with Gasteiger partial charge in [0.2, 0.25) is 0 Å². The molecule has 1 N–H and O–H groups in total. The number of ketones is 1. The van der Waals surface area contributed by atoms with Crippen molar-refractivity contribution in [2.45, 2.75) is 12.6 Å². The van der Waals surface area contributed by atoms with Crippen molar-refractivity contribution >= 4 is 17.4 Å². The van der Waals surface area contributed by atoms with Crippen LogP contribution in [-0.2, 0) is 16.1 Å². The first-order chi connectivity index (χ1) is 19.1. The summed E-state index contributed by atoms with van der Waals surface area (Å²) in [5, 5.41) is 11.5. The molecule has 6 rings (SSSR count). The van der Waals surface area contributed by atoms with Gasteiger partial charge in [0.1, 0.15) is 30.5 Å². The van der Waals surface area contributed by atoms with E-state index >= 15 is 0 Å². The molecule has 39 heavy (non-hydrogen) atoms. The number of benzene rings is 3. The van der Waals surface area contributed by atoms with Crippen molar-refractivity contribution in [2.75, 3.05) is 13.2 Å². The molecule has 0 radical (unpaired) electrons. The minimum atomic E-state index is -0.863. The van der Waals surface area contributed by atoms with Crippen molar-refractivity contribution < 1.29 is 28.9 Å². The number of para-hydroxylation sites is 1. The van der Waals surface area contributed by atoms with Gasteiger partial charge in [0.25, 0.3) is 11.7 Å². The summed E-state index contributed by atoms with van der Waals surface area (Å²) in [4.78, 5) is 32.4. The summed E-state index contributed by atoms with van der Waals surface area (Å²) in [5.41, 5.74) is 1.70. The lowest BCUT2D eigenvalue weighted by Gasteiger charge is -2.26. The molecule has 1 unspecified atom stereocenters. The van der Waals surface area contributed by atoms with Gasteiger partial charge < -0.3 is 24.2 Å². The molecule has 194 valence electrons. The van der Waals surface area contributed by atoms with Crippen LogP contribution in [0.25, 0.3) is 5.76 Å². The smallest absolute Gasteiger partial charge is 0.295 e. The Balaban J connectivity index is 1.45. The number of hydrogen-bond acceptors (Lipinski definition) is 7. The van der Waals surface area contributed by atoms with Crippen molar-refractivity contribution in [1.82, 2.24) is 9.88 Å². The highest BCUT2D eigenvalue weighted by atomic mass is 16.6. The number of aliphatic hydroxyl groups is 1. The Kier molecular flexibility index (Phi) is 6.42. The highest BCUT2D eigenvalue weighted by molar-refractivity contribution is 6.46. The van der Waals surface area contributed by atoms with E-state index < -0.39 is 17.7 Å². The van der Waals surface area contributed by atoms with Crippen LogP contribution in [0.3, 0.4) is 0 Å². The predicted molar refractivity (Wildman–Crippen MR) is 142 cm³/mol. The highest BCUT2D eigenvalue weighted by Gasteiger charge is 2.46. The van der Waals surface area contributed by atoms with Crippen LogP contribution in [0.4, 0.5) is 0 Å². The maximum absolute atomic E-state index is 13.5. The zero-order valence-corrected chi connectivity index (χ0v) is 20.8. The maximum Gasteiger partial charge on any atom is 0.295 e. The fourth-order valence-corrected chi connectivity index (χ4v) is 4.80. The molecule has 2 aliphatic rings. The van der Waals surface area contributed by atoms with Gasteiger partial charge in [0.15, 0.2) is 11.5 Å². The summed E-state index contributed by atoms with van der Waals surface area (Å²) in [5.74, 6) is 0.420. The van der Waals surface area contributed by atoms with Gasteiger partial charge in [-0.25, -0.2) is 0 Å². The van der Waals surface area contributed by atoms with Crippen molar-refractivity contribution in [3.05, 3.63) is 120 Å². The molecule has 2 aliphatic heterocycles. The van der Waals surface area contributed by atoms with Gasteiger partial charge in [-0.3, -0.25) is 14.6 Å². The number of aromatic nitrogens is 1. The van der Waals surface area contributed by atoms with Crippen molar-refractivity contribution in [3.63, 3.8) is 0 Å². The Labute approximate surface area is 224 Å². The Hall–Kier alpha value is -5.11. The second kappa shape index (κ2) is 10.3. The summed E-state index contributed by atoms with van der Waals surface area (Å²) in [6, 6.07) is 24.2. The van der Waals surface area contributed by atoms with Crippen LogP contribution < -0.4 is 14.2 Å². The van der Waals surface area contributed by atoms with Crippen LogP contribution in [0.15, 0.2) is 103 Å². The molecule has 3 heterocycles. The number of fused-ring (bicyclic) bond motifs is 1. The number of aliphatic hydroxyl groups excluding tert-OH is 1. The molecule has 8 heteroatoms. The predicted octanol–water partition coefficient (Wildman–Crippen LogP) is 5.27. The Bertz CT molecular complexity index is 1570. The van der Waals surface area contributed by atoms with E-state index in [2.05, 4.69) is 4.98 Å². The van der Waals surface area contributed by atoms with E-state index in [0.29, 0.717) is 47.3 Å². The quantitative estimate of drug-likeness (QED) is 0.210. The summed E-state index contributed by atoms with van der Waals surface area (Å²) >= 11 is 0. The van der Waals surface area contributed by atoms with Crippen LogP contribution in [0.5, 0.6) is 23.0 Å². The molecule has 1 saturated heterocycles. The van der Waals surface area contributed by atoms with Crippen molar-refractivity contribution in [3.8, 4) is 23.0 Å². The summed E-state index contributed by atoms with van der Waals surface area (Å²) in [7, 11) is 0. The average molecular weight is 521 g/mol. The Morgan fingerprint density at radius 1 is 0.897 bits per heavy atom. The topological polar surface area (TPSA) is 98.2 Å². The molecule has 3 aromatic carbocycles. The molecular formula is C31H24N2O6. The van der Waals surface area contributed by atoms with Crippen LogP contribution in [0, 0.1) is 0 Å². The van der Waals surface area contributed by atoms with Gasteiger partial charge in [-0.15, -0.1) is 0 Å². The molecule has 1 amide bonds. The number of pyridine rings is 1. The normalized spacial score (nSPS) is 17.7. The molecule has 0 saturated carbocycles. The van der Waals surface area contributed by atoms with Gasteiger partial charge in [0, 0.05) is 24.5 Å². The number of ether oxygens (including phenoxy) is 3. The van der Waals surface area contributed by atoms with Gasteiger partial charge in [-0.1, -0.05) is 36.4 Å². The van der Waals surface area contributed by atoms with Crippen LogP contribution in [-0.4, -0.2) is 39.9 Å². The van der Waals surface area contributed by atoms with E-state index in [9.17, 15) is 14.7 Å². The number of likely N-dealkylation sites (tertiary alicyclic amines) is 1. The monoisotopic (exact) mass is 520 g/mol. The number of carbonyl (C=O) groups is 2. The molecule has 0 bridgehead atoms. The fourth-order valence-electron chi connectivity index (χ4n) is 4.80. The van der Waals surface area contributed by atoms with Gasteiger partial charge in [-0.05, 0) is 59.7 Å². The van der Waals surface area contributed by atoms with Gasteiger partial charge in [-0.2, -0.15) is 0 Å². The van der Waals surface area contributed by atoms with E-state index in [-0.39, 0.29) is 17.9 Å². The maximum atomic E-state index is 13.5. The lowest BCUT2D eigenvalue weighted by Crippen LogP contribution is -2.29. The van der Waals surface area contributed by atoms with E-state index in [1.54, 1.807) is 54.9 Å². The van der Waals surface area contributed by atoms with E-state index in [1.165, 1.54) is 4.90 Å². The number of nitrogens with zero attached hydrogens (tertiary/aromatic N) is 2. The number of carbonyl (C=O) groups excluding carboxylic acids is 2. The third kappa shape index (κ3) is 4.80. The lowest BCUT2D eigenvalue weighted by molar-refractivity contribution is -0.140. The standard InChI is InChI=1S/C31H24N2O6/c34-29(22-11-12-25-26(17-22)38-15-14-37-25)27-28(33(31(36)30(27)35)19-20-6-5-13-32-18-20)21-7-4-10-24(16-21)39-23-8-2-1-3-9-23/h1-13,16-18,28,34H,14-15,19H2/b29-27+. The number of amides is 1. The minimum Gasteiger partial charge on any atom is -0.507 e. The molecule has 0 aliphatic carbocycles. The van der Waals surface area contributed by atoms with Crippen molar-refractivity contribution in [2.24, 2.45) is 0 Å². The Morgan fingerprint density at radius 3 is 2.49 bits per heavy atom. The van der Waals surface area contributed by atoms with E-state index in [4.69, 9.17) is 14.2 Å². The molecule has 1 atom stereocenters. The number of Topliss-reactive ketones (excluding diaryl/α,β-unsaturated/α-hetero) is 1. The summed E-state index contributed by atoms with van der Waals surface area (Å²) in [6.45, 7) is 0.935. The minimum absolute atomic E-state index is 0.0163. The first kappa shape index (κ1) is 24.2. The number of hydrogen-bond donors (Lipinski definition) is 1. The summed E-state index contributed by atoms with van der Waals surface area (Å²) < 4.78 is 17.3. The van der Waals surface area contributed by atoms with Crippen molar-refractivity contribution in [1.29, 1.82) is 0 Å². The largest absolute Gasteiger partial charge is 0.507 e. The highest BCUT2D eigenvalue weighted by Crippen LogP contribution is 2.42. The SMILES string of the molecule is O=C1C(=O)N(Cc2cccnc2)C(c2cccc(Oc3ccccc3)c2)/C1=C(\O)c1ccc2c(c1)OCCO2. The lowest BCUT2D eigenvalue weighted by atomic mass is 9.95.